The molecule has 0 saturated heterocycles. The first kappa shape index (κ1) is 47.8. The molecule has 0 saturated carbocycles. The van der Waals surface area contributed by atoms with Crippen molar-refractivity contribution < 1.29 is 26.2 Å². The number of fused-ring (bicyclic) bond motifs is 2. The predicted octanol–water partition coefficient (Wildman–Crippen LogP) is 16.4. The van der Waals surface area contributed by atoms with Crippen molar-refractivity contribution >= 4 is 32.6 Å². The van der Waals surface area contributed by atoms with Gasteiger partial charge >= 0.3 is 0 Å². The number of hydrogen-bond donors (Lipinski definition) is 1. The Kier molecular flexibility index (Phi) is 12.4. The summed E-state index contributed by atoms with van der Waals surface area (Å²) in [7, 11) is 0. The Morgan fingerprint density at radius 1 is 0.552 bits per heavy atom. The van der Waals surface area contributed by atoms with Gasteiger partial charge in [0.25, 0.3) is 0 Å². The predicted molar refractivity (Wildman–Crippen MR) is 279 cm³/mol. The molecule has 0 amide bonds. The number of benzene rings is 6. The van der Waals surface area contributed by atoms with Gasteiger partial charge in [-0.25, -0.2) is 9.97 Å². The number of aryl methyl sites for hydroxylation is 1. The second-order valence-corrected chi connectivity index (χ2v) is 23.0. The van der Waals surface area contributed by atoms with E-state index in [4.69, 9.17) is 15.0 Å². The molecule has 1 N–H and O–H groups in total. The van der Waals surface area contributed by atoms with Gasteiger partial charge in [-0.05, 0) is 80.7 Å². The van der Waals surface area contributed by atoms with Crippen molar-refractivity contribution in [2.75, 3.05) is 0 Å². The average molecular weight is 1080 g/mol. The van der Waals surface area contributed by atoms with Gasteiger partial charge in [0.05, 0.1) is 27.8 Å². The summed E-state index contributed by atoms with van der Waals surface area (Å²) in [6, 6.07) is 47.2. The Morgan fingerprint density at radius 2 is 1.15 bits per heavy atom. The minimum Gasteiger partial charge on any atom is -0.507 e. The third kappa shape index (κ3) is 8.96. The van der Waals surface area contributed by atoms with E-state index < -0.39 is 0 Å². The summed E-state index contributed by atoms with van der Waals surface area (Å²) in [6.07, 6.45) is 1.69. The van der Waals surface area contributed by atoms with Gasteiger partial charge in [-0.15, -0.1) is 40.7 Å². The van der Waals surface area contributed by atoms with Crippen molar-refractivity contribution in [3.8, 4) is 66.8 Å². The molecule has 7 heteroatoms. The number of thiophene rings is 1. The molecule has 3 heterocycles. The van der Waals surface area contributed by atoms with E-state index in [9.17, 15) is 5.11 Å². The molecule has 0 bridgehead atoms. The molecule has 6 aromatic carbocycles. The number of phenols is 1. The Labute approximate surface area is 415 Å². The van der Waals surface area contributed by atoms with Crippen molar-refractivity contribution in [2.24, 2.45) is 0 Å². The van der Waals surface area contributed by atoms with Gasteiger partial charge in [-0.2, -0.15) is 0 Å². The Balaban J connectivity index is 0.00000608. The monoisotopic (exact) mass is 1080 g/mol. The van der Waals surface area contributed by atoms with Gasteiger partial charge in [0.1, 0.15) is 17.9 Å². The van der Waals surface area contributed by atoms with Crippen molar-refractivity contribution in [2.45, 2.75) is 112 Å². The van der Waals surface area contributed by atoms with Crippen LogP contribution in [0.2, 0.25) is 0 Å². The van der Waals surface area contributed by atoms with E-state index in [1.165, 1.54) is 21.6 Å². The van der Waals surface area contributed by atoms with Crippen LogP contribution in [-0.2, 0) is 42.7 Å². The fraction of sp³-hybridized carbons (Fsp3) is 0.283. The Bertz CT molecular complexity index is 3300. The molecule has 0 fully saturated rings. The molecule has 0 aliphatic carbocycles. The van der Waals surface area contributed by atoms with Crippen molar-refractivity contribution in [3.05, 3.63) is 162 Å². The van der Waals surface area contributed by atoms with Crippen LogP contribution in [0.25, 0.3) is 82.3 Å². The molecular weight excluding hydrogens is 1020 g/mol. The molecule has 0 aliphatic rings. The van der Waals surface area contributed by atoms with E-state index >= 15 is 0 Å². The van der Waals surface area contributed by atoms with E-state index in [2.05, 4.69) is 222 Å². The topological polar surface area (TPSA) is 63.8 Å². The van der Waals surface area contributed by atoms with Crippen molar-refractivity contribution in [3.63, 3.8) is 0 Å². The summed E-state index contributed by atoms with van der Waals surface area (Å²) in [5.41, 5.74) is 16.2. The van der Waals surface area contributed by atoms with Crippen LogP contribution in [0.3, 0.4) is 0 Å². The maximum atomic E-state index is 12.6. The summed E-state index contributed by atoms with van der Waals surface area (Å²) in [5.74, 6) is 0.929. The third-order valence-electron chi connectivity index (χ3n) is 12.9. The number of hydrogen-bond acceptors (Lipinski definition) is 5. The van der Waals surface area contributed by atoms with Gasteiger partial charge in [-0.1, -0.05) is 179 Å². The van der Waals surface area contributed by atoms with Crippen LogP contribution >= 0.6 is 11.3 Å². The van der Waals surface area contributed by atoms with E-state index in [1.54, 1.807) is 17.7 Å². The smallest absolute Gasteiger partial charge is 0.148 e. The molecule has 0 aliphatic heterocycles. The van der Waals surface area contributed by atoms with Crippen LogP contribution in [0.5, 0.6) is 5.75 Å². The second kappa shape index (κ2) is 17.4. The van der Waals surface area contributed by atoms with E-state index in [0.717, 1.165) is 77.1 Å². The first-order chi connectivity index (χ1) is 31.1. The normalized spacial score (nSPS) is 12.5. The van der Waals surface area contributed by atoms with Crippen molar-refractivity contribution in [1.82, 2.24) is 19.5 Å². The van der Waals surface area contributed by atoms with Gasteiger partial charge in [0.2, 0.25) is 0 Å². The summed E-state index contributed by atoms with van der Waals surface area (Å²) in [5, 5.41) is 12.6. The van der Waals surface area contributed by atoms with Gasteiger partial charge < -0.3 is 5.11 Å². The maximum Gasteiger partial charge on any atom is 0.148 e. The summed E-state index contributed by atoms with van der Waals surface area (Å²) >= 11 is 1.74. The first-order valence-corrected chi connectivity index (χ1v) is 23.9. The van der Waals surface area contributed by atoms with Gasteiger partial charge in [0, 0.05) is 47.5 Å². The fourth-order valence-electron chi connectivity index (χ4n) is 8.95. The van der Waals surface area contributed by atoms with Crippen LogP contribution in [0.1, 0.15) is 111 Å². The zero-order valence-corrected chi connectivity index (χ0v) is 44.2. The second-order valence-electron chi connectivity index (χ2n) is 22.0. The largest absolute Gasteiger partial charge is 0.507 e. The molecule has 5 nitrogen and oxygen atoms in total. The molecule has 3 aromatic heterocycles. The number of imidazole rings is 1. The molecule has 0 spiro atoms. The van der Waals surface area contributed by atoms with Crippen LogP contribution < -0.4 is 0 Å². The van der Waals surface area contributed by atoms with E-state index in [0.29, 0.717) is 11.4 Å². The number of para-hydroxylation sites is 1. The third-order valence-corrected chi connectivity index (χ3v) is 14.3. The number of aromatic hydroxyl groups is 1. The molecule has 344 valence electrons. The molecule has 9 rings (SSSR count). The standard InChI is InChI=1S/C60H61N4OS.Pt/c1-36-50-55(66-54(36)38-23-18-15-19-24-38)51(62-35-61-50)40-29-39(30-42(31-40)58(5,6)7)44-25-20-26-49-52(44)63-56(46-33-43(59(8,9)10)34-47(53(46)65)60(11,12)13)64(49)48-28-27-41(57(2,3)4)32-45(48)37-21-16-14-17-22-37;/h14-28,30-35,65H,1-13H3;/q-1;. The van der Waals surface area contributed by atoms with E-state index in [1.807, 2.05) is 0 Å². The molecule has 67 heavy (non-hydrogen) atoms. The van der Waals surface area contributed by atoms with Gasteiger partial charge in [0.15, 0.2) is 0 Å². The minimum absolute atomic E-state index is 0. The van der Waals surface area contributed by atoms with Crippen LogP contribution in [0, 0.1) is 13.0 Å². The summed E-state index contributed by atoms with van der Waals surface area (Å²) < 4.78 is 3.33. The zero-order chi connectivity index (χ0) is 47.1. The minimum atomic E-state index is -0.334. The number of aromatic nitrogens is 4. The first-order valence-electron chi connectivity index (χ1n) is 23.1. The Morgan fingerprint density at radius 3 is 1.78 bits per heavy atom. The van der Waals surface area contributed by atoms with Crippen LogP contribution in [0.4, 0.5) is 0 Å². The summed E-state index contributed by atoms with van der Waals surface area (Å²) in [4.78, 5) is 16.7. The van der Waals surface area contributed by atoms with E-state index in [-0.39, 0.29) is 48.5 Å². The molecular formula is C60H61N4OPtS-. The van der Waals surface area contributed by atoms with Crippen molar-refractivity contribution in [1.29, 1.82) is 0 Å². The molecule has 0 radical (unpaired) electrons. The van der Waals surface area contributed by atoms with Crippen LogP contribution in [0.15, 0.2) is 128 Å². The molecule has 0 unspecified atom stereocenters. The SMILES string of the molecule is Cc1c(-c2ccccc2)sc2c(-c3[c-]c(-c4cccc5c4nc(-c4cc(C(C)(C)C)cc(C(C)(C)C)c4O)n5-c4ccc(C(C)(C)C)cc4-c4ccccc4)cc(C(C)(C)C)c3)ncnc12.[Pt]. The van der Waals surface area contributed by atoms with Crippen LogP contribution in [-0.4, -0.2) is 24.6 Å². The number of phenolic OH excluding ortho intramolecular Hbond substituents is 1. The van der Waals surface area contributed by atoms with Gasteiger partial charge in [-0.3, -0.25) is 9.55 Å². The zero-order valence-electron chi connectivity index (χ0n) is 41.1. The fourth-order valence-corrected chi connectivity index (χ4v) is 10.2. The molecule has 9 aromatic rings. The Hall–Kier alpha value is -5.68. The summed E-state index contributed by atoms with van der Waals surface area (Å²) in [6.45, 7) is 28.9. The quantitative estimate of drug-likeness (QED) is 0.169. The average Bonchev–Trinajstić information content (AvgIpc) is 3.83. The molecule has 0 atom stereocenters. The maximum absolute atomic E-state index is 12.6. The number of nitrogens with zero attached hydrogens (tertiary/aromatic N) is 4. The number of rotatable bonds is 6.